The summed E-state index contributed by atoms with van der Waals surface area (Å²) in [7, 11) is 0. The summed E-state index contributed by atoms with van der Waals surface area (Å²) in [6.45, 7) is 4.64. The van der Waals surface area contributed by atoms with Crippen molar-refractivity contribution < 1.29 is 9.26 Å². The highest BCUT2D eigenvalue weighted by molar-refractivity contribution is 5.28. The van der Waals surface area contributed by atoms with Crippen molar-refractivity contribution in [2.75, 3.05) is 37.7 Å². The normalized spacial score (nSPS) is 25.3. The van der Waals surface area contributed by atoms with Crippen LogP contribution in [0.2, 0.25) is 0 Å². The highest BCUT2D eigenvalue weighted by Gasteiger charge is 2.20. The second-order valence-corrected chi connectivity index (χ2v) is 4.94. The Bertz CT molecular complexity index is 370. The SMILES string of the molecule is C1CCN(c2noc(CC3CNCCO3)n2)CC1. The van der Waals surface area contributed by atoms with E-state index in [0.29, 0.717) is 12.3 Å². The number of hydrogen-bond donors (Lipinski definition) is 1. The van der Waals surface area contributed by atoms with E-state index in [1.165, 1.54) is 19.3 Å². The van der Waals surface area contributed by atoms with Crippen LogP contribution in [0.25, 0.3) is 0 Å². The molecular formula is C12H20N4O2. The number of piperidine rings is 1. The molecule has 0 amide bonds. The first-order valence-corrected chi connectivity index (χ1v) is 6.82. The quantitative estimate of drug-likeness (QED) is 0.849. The number of ether oxygens (including phenoxy) is 1. The summed E-state index contributed by atoms with van der Waals surface area (Å²) in [6.07, 6.45) is 4.61. The van der Waals surface area contributed by atoms with Gasteiger partial charge in [-0.1, -0.05) is 0 Å². The van der Waals surface area contributed by atoms with Crippen molar-refractivity contribution in [3.8, 4) is 0 Å². The summed E-state index contributed by atoms with van der Waals surface area (Å²) >= 11 is 0. The standard InChI is InChI=1S/C12H20N4O2/c1-2-5-16(6-3-1)12-14-11(18-15-12)8-10-9-13-4-7-17-10/h10,13H,1-9H2. The summed E-state index contributed by atoms with van der Waals surface area (Å²) in [4.78, 5) is 6.67. The molecule has 1 N–H and O–H groups in total. The molecular weight excluding hydrogens is 232 g/mol. The van der Waals surface area contributed by atoms with Gasteiger partial charge in [0.05, 0.1) is 19.1 Å². The largest absolute Gasteiger partial charge is 0.375 e. The smallest absolute Gasteiger partial charge is 0.266 e. The highest BCUT2D eigenvalue weighted by atomic mass is 16.5. The number of anilines is 1. The maximum absolute atomic E-state index is 5.63. The fourth-order valence-corrected chi connectivity index (χ4v) is 2.50. The molecule has 3 heterocycles. The zero-order valence-corrected chi connectivity index (χ0v) is 10.6. The van der Waals surface area contributed by atoms with E-state index in [1.54, 1.807) is 0 Å². The van der Waals surface area contributed by atoms with Crippen LogP contribution in [0.1, 0.15) is 25.2 Å². The number of rotatable bonds is 3. The summed E-state index contributed by atoms with van der Waals surface area (Å²) in [5.41, 5.74) is 0. The lowest BCUT2D eigenvalue weighted by molar-refractivity contribution is 0.0246. The molecule has 0 bridgehead atoms. The molecule has 0 saturated carbocycles. The number of aromatic nitrogens is 2. The lowest BCUT2D eigenvalue weighted by Crippen LogP contribution is -2.39. The zero-order chi connectivity index (χ0) is 12.2. The first-order valence-electron chi connectivity index (χ1n) is 6.82. The second kappa shape index (κ2) is 5.67. The van der Waals surface area contributed by atoms with Crippen molar-refractivity contribution in [1.29, 1.82) is 0 Å². The van der Waals surface area contributed by atoms with Crippen molar-refractivity contribution in [3.05, 3.63) is 5.89 Å². The van der Waals surface area contributed by atoms with E-state index in [0.717, 1.165) is 38.7 Å². The Morgan fingerprint density at radius 2 is 2.17 bits per heavy atom. The zero-order valence-electron chi connectivity index (χ0n) is 10.6. The van der Waals surface area contributed by atoms with E-state index in [9.17, 15) is 0 Å². The van der Waals surface area contributed by atoms with Crippen LogP contribution in [0.4, 0.5) is 5.95 Å². The average Bonchev–Trinajstić information content (AvgIpc) is 2.89. The van der Waals surface area contributed by atoms with Gasteiger partial charge in [-0.05, 0) is 24.4 Å². The molecule has 0 radical (unpaired) electrons. The van der Waals surface area contributed by atoms with E-state index in [2.05, 4.69) is 20.4 Å². The van der Waals surface area contributed by atoms with Gasteiger partial charge in [-0.3, -0.25) is 0 Å². The summed E-state index contributed by atoms with van der Waals surface area (Å²) in [6, 6.07) is 0. The van der Waals surface area contributed by atoms with Crippen molar-refractivity contribution in [1.82, 2.24) is 15.5 Å². The predicted molar refractivity (Wildman–Crippen MR) is 66.7 cm³/mol. The minimum Gasteiger partial charge on any atom is -0.375 e. The van der Waals surface area contributed by atoms with Crippen molar-refractivity contribution in [2.45, 2.75) is 31.8 Å². The Hall–Kier alpha value is -1.14. The van der Waals surface area contributed by atoms with Gasteiger partial charge in [0.1, 0.15) is 0 Å². The molecule has 100 valence electrons. The molecule has 0 aliphatic carbocycles. The first kappa shape index (κ1) is 11.9. The Morgan fingerprint density at radius 3 is 2.94 bits per heavy atom. The number of morpholine rings is 1. The van der Waals surface area contributed by atoms with Gasteiger partial charge >= 0.3 is 0 Å². The predicted octanol–water partition coefficient (Wildman–Crippen LogP) is 0.591. The van der Waals surface area contributed by atoms with Crippen LogP contribution < -0.4 is 10.2 Å². The van der Waals surface area contributed by atoms with Crippen LogP contribution >= 0.6 is 0 Å². The minimum absolute atomic E-state index is 0.161. The molecule has 6 heteroatoms. The molecule has 1 unspecified atom stereocenters. The molecule has 18 heavy (non-hydrogen) atoms. The van der Waals surface area contributed by atoms with Crippen LogP contribution in [0, 0.1) is 0 Å². The Labute approximate surface area is 107 Å². The molecule has 1 atom stereocenters. The topological polar surface area (TPSA) is 63.4 Å². The van der Waals surface area contributed by atoms with Crippen LogP contribution in [0.3, 0.4) is 0 Å². The van der Waals surface area contributed by atoms with Gasteiger partial charge in [-0.25, -0.2) is 0 Å². The maximum Gasteiger partial charge on any atom is 0.266 e. The molecule has 3 rings (SSSR count). The van der Waals surface area contributed by atoms with E-state index >= 15 is 0 Å². The lowest BCUT2D eigenvalue weighted by Gasteiger charge is -2.24. The van der Waals surface area contributed by atoms with Crippen molar-refractivity contribution >= 4 is 5.95 Å². The fraction of sp³-hybridized carbons (Fsp3) is 0.833. The first-order chi connectivity index (χ1) is 8.92. The van der Waals surface area contributed by atoms with Gasteiger partial charge in [0.25, 0.3) is 5.95 Å². The third-order valence-electron chi connectivity index (χ3n) is 3.50. The van der Waals surface area contributed by atoms with Gasteiger partial charge in [0, 0.05) is 26.2 Å². The number of hydrogen-bond acceptors (Lipinski definition) is 6. The van der Waals surface area contributed by atoms with Crippen molar-refractivity contribution in [2.24, 2.45) is 0 Å². The Morgan fingerprint density at radius 1 is 1.28 bits per heavy atom. The number of nitrogens with zero attached hydrogens (tertiary/aromatic N) is 3. The molecule has 2 fully saturated rings. The Balaban J connectivity index is 1.58. The minimum atomic E-state index is 0.161. The Kier molecular flexibility index (Phi) is 3.75. The molecule has 6 nitrogen and oxygen atoms in total. The van der Waals surface area contributed by atoms with Gasteiger partial charge < -0.3 is 19.5 Å². The summed E-state index contributed by atoms with van der Waals surface area (Å²) in [5.74, 6) is 1.43. The van der Waals surface area contributed by atoms with Gasteiger partial charge in [0.15, 0.2) is 0 Å². The molecule has 0 spiro atoms. The van der Waals surface area contributed by atoms with Gasteiger partial charge in [0.2, 0.25) is 5.89 Å². The summed E-state index contributed by atoms with van der Waals surface area (Å²) < 4.78 is 10.9. The number of nitrogens with one attached hydrogen (secondary N) is 1. The summed E-state index contributed by atoms with van der Waals surface area (Å²) in [5, 5.41) is 7.37. The monoisotopic (exact) mass is 252 g/mol. The van der Waals surface area contributed by atoms with Gasteiger partial charge in [-0.15, -0.1) is 0 Å². The fourth-order valence-electron chi connectivity index (χ4n) is 2.50. The third kappa shape index (κ3) is 2.81. The van der Waals surface area contributed by atoms with Crippen molar-refractivity contribution in [3.63, 3.8) is 0 Å². The molecule has 0 aromatic carbocycles. The molecule has 1 aromatic heterocycles. The van der Waals surface area contributed by atoms with E-state index in [4.69, 9.17) is 9.26 Å². The third-order valence-corrected chi connectivity index (χ3v) is 3.50. The molecule has 1 aromatic rings. The van der Waals surface area contributed by atoms with Crippen LogP contribution in [-0.4, -0.2) is 49.0 Å². The van der Waals surface area contributed by atoms with E-state index < -0.39 is 0 Å². The van der Waals surface area contributed by atoms with E-state index in [-0.39, 0.29) is 6.10 Å². The van der Waals surface area contributed by atoms with Gasteiger partial charge in [-0.2, -0.15) is 4.98 Å². The lowest BCUT2D eigenvalue weighted by atomic mass is 10.1. The maximum atomic E-state index is 5.63. The van der Waals surface area contributed by atoms with Crippen LogP contribution in [0.5, 0.6) is 0 Å². The average molecular weight is 252 g/mol. The molecule has 2 aliphatic heterocycles. The van der Waals surface area contributed by atoms with Crippen LogP contribution in [-0.2, 0) is 11.2 Å². The van der Waals surface area contributed by atoms with Crippen LogP contribution in [0.15, 0.2) is 4.52 Å². The molecule has 2 aliphatic rings. The van der Waals surface area contributed by atoms with E-state index in [1.807, 2.05) is 0 Å². The molecule has 2 saturated heterocycles. The second-order valence-electron chi connectivity index (χ2n) is 4.94. The highest BCUT2D eigenvalue weighted by Crippen LogP contribution is 2.17.